The zero-order valence-corrected chi connectivity index (χ0v) is 15.7. The van der Waals surface area contributed by atoms with Crippen molar-refractivity contribution in [1.82, 2.24) is 9.78 Å². The summed E-state index contributed by atoms with van der Waals surface area (Å²) in [5, 5.41) is 7.26. The average molecular weight is 387 g/mol. The van der Waals surface area contributed by atoms with E-state index in [1.807, 2.05) is 48.5 Å². The number of amides is 1. The van der Waals surface area contributed by atoms with Crippen molar-refractivity contribution in [2.45, 2.75) is 0 Å². The fourth-order valence-corrected chi connectivity index (χ4v) is 3.04. The molecule has 6 heteroatoms. The molecular weight excluding hydrogens is 369 g/mol. The SMILES string of the molecule is COc1ccccc1-c1nn(-c2ccccc2)cc1C(=O)Nc1ccccc1F. The minimum atomic E-state index is -0.504. The van der Waals surface area contributed by atoms with Gasteiger partial charge in [0.05, 0.1) is 24.0 Å². The molecule has 5 nitrogen and oxygen atoms in total. The smallest absolute Gasteiger partial charge is 0.259 e. The fourth-order valence-electron chi connectivity index (χ4n) is 3.04. The van der Waals surface area contributed by atoms with Crippen LogP contribution >= 0.6 is 0 Å². The van der Waals surface area contributed by atoms with Gasteiger partial charge >= 0.3 is 0 Å². The number of anilines is 1. The number of methoxy groups -OCH3 is 1. The van der Waals surface area contributed by atoms with Gasteiger partial charge < -0.3 is 10.1 Å². The quantitative estimate of drug-likeness (QED) is 0.528. The number of carbonyl (C=O) groups excluding carboxylic acids is 1. The Morgan fingerprint density at radius 3 is 2.41 bits per heavy atom. The number of nitrogens with zero attached hydrogens (tertiary/aromatic N) is 2. The molecule has 0 aliphatic heterocycles. The van der Waals surface area contributed by atoms with Crippen molar-refractivity contribution in [2.24, 2.45) is 0 Å². The number of aromatic nitrogens is 2. The average Bonchev–Trinajstić information content (AvgIpc) is 3.21. The van der Waals surface area contributed by atoms with Crippen LogP contribution in [-0.2, 0) is 0 Å². The molecule has 1 amide bonds. The maximum absolute atomic E-state index is 14.0. The van der Waals surface area contributed by atoms with Crippen molar-refractivity contribution in [1.29, 1.82) is 0 Å². The van der Waals surface area contributed by atoms with E-state index in [4.69, 9.17) is 4.74 Å². The summed E-state index contributed by atoms with van der Waals surface area (Å²) in [4.78, 5) is 13.0. The highest BCUT2D eigenvalue weighted by Gasteiger charge is 2.21. The second-order valence-electron chi connectivity index (χ2n) is 6.31. The summed E-state index contributed by atoms with van der Waals surface area (Å²) in [6, 6.07) is 22.8. The van der Waals surface area contributed by atoms with Crippen LogP contribution in [0.15, 0.2) is 85.1 Å². The van der Waals surface area contributed by atoms with E-state index in [2.05, 4.69) is 10.4 Å². The molecular formula is C23H18FN3O2. The van der Waals surface area contributed by atoms with Crippen LogP contribution < -0.4 is 10.1 Å². The molecule has 0 aliphatic carbocycles. The summed E-state index contributed by atoms with van der Waals surface area (Å²) in [6.07, 6.45) is 1.63. The topological polar surface area (TPSA) is 56.2 Å². The zero-order valence-electron chi connectivity index (χ0n) is 15.7. The van der Waals surface area contributed by atoms with Crippen molar-refractivity contribution >= 4 is 11.6 Å². The molecule has 29 heavy (non-hydrogen) atoms. The molecule has 144 valence electrons. The standard InChI is InChI=1S/C23H18FN3O2/c1-29-21-14-8-5-11-17(21)22-18(15-27(26-22)16-9-3-2-4-10-16)23(28)25-20-13-7-6-12-19(20)24/h2-15H,1H3,(H,25,28). The third-order valence-electron chi connectivity index (χ3n) is 4.46. The number of benzene rings is 3. The molecule has 1 N–H and O–H groups in total. The van der Waals surface area contributed by atoms with Crippen LogP contribution in [0.1, 0.15) is 10.4 Å². The van der Waals surface area contributed by atoms with Crippen LogP contribution in [0.4, 0.5) is 10.1 Å². The highest BCUT2D eigenvalue weighted by Crippen LogP contribution is 2.32. The molecule has 0 atom stereocenters. The van der Waals surface area contributed by atoms with Gasteiger partial charge in [-0.15, -0.1) is 0 Å². The number of ether oxygens (including phenoxy) is 1. The monoisotopic (exact) mass is 387 g/mol. The van der Waals surface area contributed by atoms with Gasteiger partial charge in [-0.2, -0.15) is 5.10 Å². The van der Waals surface area contributed by atoms with Gasteiger partial charge in [-0.3, -0.25) is 4.79 Å². The van der Waals surface area contributed by atoms with Crippen LogP contribution in [0.25, 0.3) is 16.9 Å². The minimum Gasteiger partial charge on any atom is -0.496 e. The van der Waals surface area contributed by atoms with E-state index < -0.39 is 11.7 Å². The molecule has 3 aromatic carbocycles. The number of hydrogen-bond donors (Lipinski definition) is 1. The predicted molar refractivity (Wildman–Crippen MR) is 110 cm³/mol. The molecule has 0 radical (unpaired) electrons. The third-order valence-corrected chi connectivity index (χ3v) is 4.46. The summed E-state index contributed by atoms with van der Waals surface area (Å²) >= 11 is 0. The highest BCUT2D eigenvalue weighted by atomic mass is 19.1. The molecule has 0 unspecified atom stereocenters. The maximum atomic E-state index is 14.0. The fraction of sp³-hybridized carbons (Fsp3) is 0.0435. The Labute approximate surface area is 167 Å². The Morgan fingerprint density at radius 2 is 1.66 bits per heavy atom. The van der Waals surface area contributed by atoms with E-state index in [-0.39, 0.29) is 5.69 Å². The number of nitrogens with one attached hydrogen (secondary N) is 1. The van der Waals surface area contributed by atoms with E-state index in [1.54, 1.807) is 36.2 Å². The van der Waals surface area contributed by atoms with Gasteiger partial charge in [0, 0.05) is 11.8 Å². The Morgan fingerprint density at radius 1 is 0.966 bits per heavy atom. The molecule has 0 saturated heterocycles. The first kappa shape index (κ1) is 18.4. The second-order valence-corrected chi connectivity index (χ2v) is 6.31. The van der Waals surface area contributed by atoms with Gasteiger partial charge in [-0.25, -0.2) is 9.07 Å². The molecule has 0 fully saturated rings. The molecule has 0 bridgehead atoms. The Kier molecular flexibility index (Phi) is 5.07. The van der Waals surface area contributed by atoms with Gasteiger partial charge in [0.15, 0.2) is 0 Å². The second kappa shape index (κ2) is 7.98. The van der Waals surface area contributed by atoms with E-state index in [0.29, 0.717) is 22.6 Å². The summed E-state index contributed by atoms with van der Waals surface area (Å²) < 4.78 is 21.1. The lowest BCUT2D eigenvalue weighted by Gasteiger charge is -2.09. The number of para-hydroxylation sites is 3. The molecule has 0 saturated carbocycles. The predicted octanol–water partition coefficient (Wildman–Crippen LogP) is 4.94. The Balaban J connectivity index is 1.82. The first-order chi connectivity index (χ1) is 14.2. The summed E-state index contributed by atoms with van der Waals surface area (Å²) in [7, 11) is 1.56. The normalized spacial score (nSPS) is 10.6. The zero-order chi connectivity index (χ0) is 20.2. The van der Waals surface area contributed by atoms with Crippen molar-refractivity contribution in [3.8, 4) is 22.7 Å². The molecule has 0 aliphatic rings. The first-order valence-corrected chi connectivity index (χ1v) is 9.01. The molecule has 0 spiro atoms. The Bertz CT molecular complexity index is 1160. The van der Waals surface area contributed by atoms with Crippen LogP contribution in [-0.4, -0.2) is 22.8 Å². The molecule has 4 aromatic rings. The first-order valence-electron chi connectivity index (χ1n) is 9.01. The lowest BCUT2D eigenvalue weighted by Crippen LogP contribution is -2.13. The Hall–Kier alpha value is -3.93. The van der Waals surface area contributed by atoms with Crippen molar-refractivity contribution in [3.05, 3.63) is 96.4 Å². The van der Waals surface area contributed by atoms with Gasteiger partial charge in [0.25, 0.3) is 5.91 Å². The van der Waals surface area contributed by atoms with Crippen LogP contribution in [0.3, 0.4) is 0 Å². The van der Waals surface area contributed by atoms with Crippen LogP contribution in [0.2, 0.25) is 0 Å². The minimum absolute atomic E-state index is 0.107. The van der Waals surface area contributed by atoms with E-state index >= 15 is 0 Å². The van der Waals surface area contributed by atoms with Gasteiger partial charge in [0.1, 0.15) is 17.3 Å². The largest absolute Gasteiger partial charge is 0.496 e. The number of halogens is 1. The molecule has 4 rings (SSSR count). The lowest BCUT2D eigenvalue weighted by molar-refractivity contribution is 0.102. The van der Waals surface area contributed by atoms with E-state index in [9.17, 15) is 9.18 Å². The van der Waals surface area contributed by atoms with Gasteiger partial charge in [-0.1, -0.05) is 42.5 Å². The number of rotatable bonds is 5. The van der Waals surface area contributed by atoms with E-state index in [0.717, 1.165) is 5.69 Å². The summed E-state index contributed by atoms with van der Waals surface area (Å²) in [6.45, 7) is 0. The molecule has 1 heterocycles. The maximum Gasteiger partial charge on any atom is 0.259 e. The number of carbonyl (C=O) groups is 1. The van der Waals surface area contributed by atoms with Gasteiger partial charge in [0.2, 0.25) is 0 Å². The van der Waals surface area contributed by atoms with E-state index in [1.165, 1.54) is 12.1 Å². The molecule has 1 aromatic heterocycles. The highest BCUT2D eigenvalue weighted by molar-refractivity contribution is 6.08. The van der Waals surface area contributed by atoms with Crippen molar-refractivity contribution in [2.75, 3.05) is 12.4 Å². The van der Waals surface area contributed by atoms with Gasteiger partial charge in [-0.05, 0) is 36.4 Å². The summed E-state index contributed by atoms with van der Waals surface area (Å²) in [5.74, 6) is -0.376. The van der Waals surface area contributed by atoms with Crippen LogP contribution in [0.5, 0.6) is 5.75 Å². The van der Waals surface area contributed by atoms with Crippen LogP contribution in [0, 0.1) is 5.82 Å². The van der Waals surface area contributed by atoms with Crippen molar-refractivity contribution in [3.63, 3.8) is 0 Å². The van der Waals surface area contributed by atoms with Crippen molar-refractivity contribution < 1.29 is 13.9 Å². The third kappa shape index (κ3) is 3.73. The summed E-state index contributed by atoms with van der Waals surface area (Å²) in [5.41, 5.74) is 2.33. The lowest BCUT2D eigenvalue weighted by atomic mass is 10.1. The number of hydrogen-bond acceptors (Lipinski definition) is 3.